The minimum atomic E-state index is -0.245. The molecular weight excluding hydrogens is 464 g/mol. The summed E-state index contributed by atoms with van der Waals surface area (Å²) in [6.07, 6.45) is 3.70. The fraction of sp³-hybridized carbons (Fsp3) is 0.367. The zero-order valence-corrected chi connectivity index (χ0v) is 21.3. The van der Waals surface area contributed by atoms with Gasteiger partial charge in [-0.3, -0.25) is 14.4 Å². The smallest absolute Gasteiger partial charge is 0.268 e. The number of carbonyl (C=O) groups is 2. The topological polar surface area (TPSA) is 87.2 Å². The predicted molar refractivity (Wildman–Crippen MR) is 145 cm³/mol. The molecule has 0 spiro atoms. The molecule has 2 aromatic heterocycles. The maximum atomic E-state index is 13.6. The van der Waals surface area contributed by atoms with Gasteiger partial charge in [0.05, 0.1) is 5.56 Å². The number of rotatable bonds is 3. The number of fused-ring (bicyclic) bond motifs is 3. The molecule has 1 aliphatic heterocycles. The molecular formula is C30H32N4O3. The van der Waals surface area contributed by atoms with Crippen molar-refractivity contribution in [3.05, 3.63) is 81.9 Å². The van der Waals surface area contributed by atoms with Crippen LogP contribution in [0.1, 0.15) is 52.2 Å². The molecule has 2 fully saturated rings. The first-order valence-corrected chi connectivity index (χ1v) is 13.2. The summed E-state index contributed by atoms with van der Waals surface area (Å²) in [5.74, 6) is 0.822. The molecule has 0 radical (unpaired) electrons. The largest absolute Gasteiger partial charge is 0.348 e. The highest BCUT2D eigenvalue weighted by molar-refractivity contribution is 6.08. The molecule has 1 saturated carbocycles. The van der Waals surface area contributed by atoms with Crippen molar-refractivity contribution in [3.63, 3.8) is 0 Å². The van der Waals surface area contributed by atoms with Gasteiger partial charge >= 0.3 is 0 Å². The second kappa shape index (κ2) is 9.21. The van der Waals surface area contributed by atoms with E-state index < -0.39 is 0 Å². The van der Waals surface area contributed by atoms with Gasteiger partial charge in [0.1, 0.15) is 5.69 Å². The number of nitrogens with one attached hydrogen (secondary N) is 2. The van der Waals surface area contributed by atoms with Gasteiger partial charge in [-0.25, -0.2) is 0 Å². The molecule has 190 valence electrons. The van der Waals surface area contributed by atoms with Crippen LogP contribution in [-0.2, 0) is 7.05 Å². The number of H-pyrrole nitrogens is 1. The second-order valence-corrected chi connectivity index (χ2v) is 10.7. The first-order valence-electron chi connectivity index (χ1n) is 13.2. The van der Waals surface area contributed by atoms with Crippen molar-refractivity contribution in [1.29, 1.82) is 0 Å². The molecule has 3 heterocycles. The Bertz CT molecular complexity index is 1580. The Morgan fingerprint density at radius 3 is 2.57 bits per heavy atom. The molecule has 7 nitrogen and oxygen atoms in total. The van der Waals surface area contributed by atoms with Gasteiger partial charge in [0.25, 0.3) is 17.4 Å². The van der Waals surface area contributed by atoms with Crippen molar-refractivity contribution in [1.82, 2.24) is 19.8 Å². The number of nitrogens with zero attached hydrogens (tertiary/aromatic N) is 2. The highest BCUT2D eigenvalue weighted by atomic mass is 16.2. The first kappa shape index (κ1) is 23.5. The maximum Gasteiger partial charge on any atom is 0.268 e. The number of aryl methyl sites for hydroxylation is 1. The average molecular weight is 497 g/mol. The third-order valence-corrected chi connectivity index (χ3v) is 8.60. The van der Waals surface area contributed by atoms with Crippen LogP contribution in [0.25, 0.3) is 21.7 Å². The molecule has 2 N–H and O–H groups in total. The zero-order chi connectivity index (χ0) is 25.7. The van der Waals surface area contributed by atoms with Crippen LogP contribution in [-0.4, -0.2) is 45.4 Å². The number of amides is 2. The van der Waals surface area contributed by atoms with Crippen molar-refractivity contribution >= 4 is 33.5 Å². The Hall–Kier alpha value is -3.87. The third-order valence-electron chi connectivity index (χ3n) is 8.60. The molecule has 4 aromatic rings. The van der Waals surface area contributed by atoms with Crippen molar-refractivity contribution in [2.24, 2.45) is 18.9 Å². The highest BCUT2D eigenvalue weighted by Gasteiger charge is 2.37. The van der Waals surface area contributed by atoms with E-state index in [0.29, 0.717) is 22.9 Å². The normalized spacial score (nSPS) is 21.7. The Kier molecular flexibility index (Phi) is 5.86. The van der Waals surface area contributed by atoms with Gasteiger partial charge in [0, 0.05) is 48.2 Å². The molecule has 3 atom stereocenters. The Morgan fingerprint density at radius 2 is 1.73 bits per heavy atom. The van der Waals surface area contributed by atoms with E-state index in [1.807, 2.05) is 55.3 Å². The van der Waals surface area contributed by atoms with Crippen LogP contribution in [0.4, 0.5) is 0 Å². The van der Waals surface area contributed by atoms with Crippen LogP contribution < -0.4 is 10.9 Å². The van der Waals surface area contributed by atoms with Gasteiger partial charge in [-0.15, -0.1) is 0 Å². The zero-order valence-electron chi connectivity index (χ0n) is 21.3. The van der Waals surface area contributed by atoms with Gasteiger partial charge in [0.2, 0.25) is 0 Å². The second-order valence-electron chi connectivity index (χ2n) is 10.7. The lowest BCUT2D eigenvalue weighted by Gasteiger charge is -2.43. The molecule has 6 rings (SSSR count). The monoisotopic (exact) mass is 496 g/mol. The van der Waals surface area contributed by atoms with E-state index in [0.717, 1.165) is 66.3 Å². The summed E-state index contributed by atoms with van der Waals surface area (Å²) < 4.78 is 2.10. The minimum Gasteiger partial charge on any atom is -0.348 e. The number of para-hydroxylation sites is 1. The van der Waals surface area contributed by atoms with Gasteiger partial charge in [-0.05, 0) is 68.0 Å². The molecule has 2 amide bonds. The Morgan fingerprint density at radius 1 is 0.973 bits per heavy atom. The van der Waals surface area contributed by atoms with Gasteiger partial charge in [-0.2, -0.15) is 0 Å². The summed E-state index contributed by atoms with van der Waals surface area (Å²) in [4.78, 5) is 43.8. The summed E-state index contributed by atoms with van der Waals surface area (Å²) in [6, 6.07) is 17.2. The highest BCUT2D eigenvalue weighted by Crippen LogP contribution is 2.37. The van der Waals surface area contributed by atoms with Crippen molar-refractivity contribution in [2.45, 2.75) is 38.6 Å². The van der Waals surface area contributed by atoms with Crippen LogP contribution >= 0.6 is 0 Å². The number of pyridine rings is 1. The quantitative estimate of drug-likeness (QED) is 0.441. The molecule has 1 aliphatic carbocycles. The van der Waals surface area contributed by atoms with Gasteiger partial charge in [0.15, 0.2) is 0 Å². The lowest BCUT2D eigenvalue weighted by Crippen LogP contribution is -2.49. The van der Waals surface area contributed by atoms with Crippen molar-refractivity contribution in [2.75, 3.05) is 13.1 Å². The van der Waals surface area contributed by atoms with Crippen LogP contribution in [0.5, 0.6) is 0 Å². The Balaban J connectivity index is 1.12. The number of hydrogen-bond donors (Lipinski definition) is 2. The summed E-state index contributed by atoms with van der Waals surface area (Å²) in [6.45, 7) is 3.53. The van der Waals surface area contributed by atoms with Crippen molar-refractivity contribution < 1.29 is 9.59 Å². The van der Waals surface area contributed by atoms with Gasteiger partial charge in [-0.1, -0.05) is 36.4 Å². The fourth-order valence-electron chi connectivity index (χ4n) is 6.48. The van der Waals surface area contributed by atoms with E-state index in [-0.39, 0.29) is 23.4 Å². The number of likely N-dealkylation sites (tertiary alicyclic amines) is 1. The van der Waals surface area contributed by atoms with Crippen LogP contribution in [0, 0.1) is 18.8 Å². The van der Waals surface area contributed by atoms with E-state index in [2.05, 4.69) is 20.9 Å². The Labute approximate surface area is 215 Å². The minimum absolute atomic E-state index is 0.0753. The molecule has 2 aliphatic rings. The molecule has 1 saturated heterocycles. The summed E-state index contributed by atoms with van der Waals surface area (Å²) in [7, 11) is 2.02. The molecule has 7 heteroatoms. The SMILES string of the molecule is Cc1c(C(=O)N2CCC3CC(NC(=O)c4cc5ccccc5c(=O)[nH]4)CCC3C2)c2ccccc2n1C. The predicted octanol–water partition coefficient (Wildman–Crippen LogP) is 4.39. The number of hydrogen-bond acceptors (Lipinski definition) is 3. The summed E-state index contributed by atoms with van der Waals surface area (Å²) in [5, 5.41) is 5.52. The number of piperidine rings is 1. The summed E-state index contributed by atoms with van der Waals surface area (Å²) >= 11 is 0. The fourth-order valence-corrected chi connectivity index (χ4v) is 6.48. The molecule has 0 bridgehead atoms. The number of benzene rings is 2. The lowest BCUT2D eigenvalue weighted by atomic mass is 9.73. The average Bonchev–Trinajstić information content (AvgIpc) is 3.17. The first-order chi connectivity index (χ1) is 17.9. The lowest BCUT2D eigenvalue weighted by molar-refractivity contribution is 0.0479. The van der Waals surface area contributed by atoms with Crippen LogP contribution in [0.15, 0.2) is 59.4 Å². The molecule has 2 aromatic carbocycles. The van der Waals surface area contributed by atoms with E-state index in [9.17, 15) is 14.4 Å². The number of carbonyl (C=O) groups excluding carboxylic acids is 2. The van der Waals surface area contributed by atoms with E-state index in [1.165, 1.54) is 0 Å². The van der Waals surface area contributed by atoms with Crippen LogP contribution in [0.2, 0.25) is 0 Å². The number of aromatic nitrogens is 2. The summed E-state index contributed by atoms with van der Waals surface area (Å²) in [5.41, 5.74) is 2.97. The van der Waals surface area contributed by atoms with E-state index in [1.54, 1.807) is 12.1 Å². The van der Waals surface area contributed by atoms with Crippen molar-refractivity contribution in [3.8, 4) is 0 Å². The molecule has 37 heavy (non-hydrogen) atoms. The number of aromatic amines is 1. The van der Waals surface area contributed by atoms with E-state index in [4.69, 9.17) is 0 Å². The molecule has 3 unspecified atom stereocenters. The van der Waals surface area contributed by atoms with Crippen LogP contribution in [0.3, 0.4) is 0 Å². The van der Waals surface area contributed by atoms with E-state index >= 15 is 0 Å². The standard InChI is InChI=1S/C30H32N4O3/c1-18-27(24-9-5-6-10-26(24)33(18)2)30(37)34-14-13-19-15-22(12-11-21(19)17-34)31-29(36)25-16-20-7-3-4-8-23(20)28(35)32-25/h3-10,16,19,21-22H,11-15,17H2,1-2H3,(H,31,36)(H,32,35). The third kappa shape index (κ3) is 4.12. The maximum absolute atomic E-state index is 13.6. The van der Waals surface area contributed by atoms with Gasteiger partial charge < -0.3 is 19.8 Å².